The monoisotopic (exact) mass is 399 g/mol. The van der Waals surface area contributed by atoms with Crippen molar-refractivity contribution in [1.82, 2.24) is 9.29 Å². The maximum absolute atomic E-state index is 13.2. The number of nitrogens with one attached hydrogen (secondary N) is 1. The molecule has 1 unspecified atom stereocenters. The molecule has 2 aromatic rings. The van der Waals surface area contributed by atoms with Crippen LogP contribution in [0.25, 0.3) is 10.9 Å². The van der Waals surface area contributed by atoms with Gasteiger partial charge in [0.05, 0.1) is 0 Å². The highest BCUT2D eigenvalue weighted by molar-refractivity contribution is 7.89. The number of H-pyrrole nitrogens is 1. The van der Waals surface area contributed by atoms with Crippen molar-refractivity contribution in [3.8, 4) is 0 Å². The molecule has 0 bridgehead atoms. The van der Waals surface area contributed by atoms with Crippen LogP contribution in [0.15, 0.2) is 23.1 Å². The van der Waals surface area contributed by atoms with Crippen LogP contribution in [-0.4, -0.2) is 47.8 Å². The summed E-state index contributed by atoms with van der Waals surface area (Å²) in [6.45, 7) is 0.337. The summed E-state index contributed by atoms with van der Waals surface area (Å²) >= 11 is 5.99. The molecule has 1 atom stereocenters. The molecular weight excluding hydrogens is 382 g/mol. The first-order valence-electron chi connectivity index (χ1n) is 8.03. The van der Waals surface area contributed by atoms with Gasteiger partial charge in [-0.3, -0.25) is 9.59 Å². The largest absolute Gasteiger partial charge is 0.481 e. The second-order valence-electron chi connectivity index (χ2n) is 6.35. The number of piperidine rings is 1. The van der Waals surface area contributed by atoms with E-state index in [9.17, 15) is 18.0 Å². The predicted molar refractivity (Wildman–Crippen MR) is 95.6 cm³/mol. The van der Waals surface area contributed by atoms with E-state index < -0.39 is 21.9 Å². The van der Waals surface area contributed by atoms with Crippen molar-refractivity contribution in [2.45, 2.75) is 24.2 Å². The number of rotatable bonds is 5. The second kappa shape index (κ2) is 6.90. The number of carbonyl (C=O) groups excluding carboxylic acids is 1. The van der Waals surface area contributed by atoms with Crippen LogP contribution in [-0.2, 0) is 14.8 Å². The number of sulfonamides is 1. The molecular formula is C16H18ClN3O5S. The fourth-order valence-corrected chi connectivity index (χ4v) is 5.43. The minimum absolute atomic E-state index is 0.0834. The first kappa shape index (κ1) is 18.7. The Bertz CT molecular complexity index is 985. The molecule has 1 aromatic heterocycles. The van der Waals surface area contributed by atoms with Crippen LogP contribution in [0.1, 0.15) is 29.8 Å². The van der Waals surface area contributed by atoms with Gasteiger partial charge in [0.2, 0.25) is 10.0 Å². The summed E-state index contributed by atoms with van der Waals surface area (Å²) < 4.78 is 27.7. The number of carboxylic acids is 1. The summed E-state index contributed by atoms with van der Waals surface area (Å²) in [4.78, 5) is 25.3. The Morgan fingerprint density at radius 1 is 1.38 bits per heavy atom. The zero-order valence-electron chi connectivity index (χ0n) is 13.7. The number of nitrogens with zero attached hydrogens (tertiary/aromatic N) is 1. The van der Waals surface area contributed by atoms with Gasteiger partial charge >= 0.3 is 5.97 Å². The van der Waals surface area contributed by atoms with E-state index in [1.165, 1.54) is 10.4 Å². The van der Waals surface area contributed by atoms with Crippen molar-refractivity contribution in [2.75, 3.05) is 13.1 Å². The highest BCUT2D eigenvalue weighted by Crippen LogP contribution is 2.33. The molecule has 0 aliphatic carbocycles. The number of nitrogens with two attached hydrogens (primary N) is 1. The molecule has 3 rings (SSSR count). The molecule has 2 heterocycles. The molecule has 4 N–H and O–H groups in total. The summed E-state index contributed by atoms with van der Waals surface area (Å²) in [5.74, 6) is -2.14. The predicted octanol–water partition coefficient (Wildman–Crippen LogP) is 1.80. The Labute approximate surface area is 155 Å². The number of carbonyl (C=O) groups is 2. The van der Waals surface area contributed by atoms with E-state index >= 15 is 0 Å². The zero-order chi connectivity index (χ0) is 19.1. The lowest BCUT2D eigenvalue weighted by Crippen LogP contribution is -2.41. The molecule has 1 saturated heterocycles. The van der Waals surface area contributed by atoms with Crippen LogP contribution in [0.5, 0.6) is 0 Å². The molecule has 1 fully saturated rings. The number of halogens is 1. The fraction of sp³-hybridized carbons (Fsp3) is 0.375. The molecule has 0 spiro atoms. The number of aromatic amines is 1. The number of amides is 1. The summed E-state index contributed by atoms with van der Waals surface area (Å²) in [5, 5.41) is 9.59. The van der Waals surface area contributed by atoms with Gasteiger partial charge in [-0.1, -0.05) is 11.6 Å². The van der Waals surface area contributed by atoms with E-state index in [4.69, 9.17) is 22.4 Å². The highest BCUT2D eigenvalue weighted by Gasteiger charge is 2.35. The van der Waals surface area contributed by atoms with Gasteiger partial charge in [0.25, 0.3) is 5.91 Å². The van der Waals surface area contributed by atoms with Crippen LogP contribution in [0.3, 0.4) is 0 Å². The fourth-order valence-electron chi connectivity index (χ4n) is 3.37. The zero-order valence-corrected chi connectivity index (χ0v) is 15.3. The van der Waals surface area contributed by atoms with Gasteiger partial charge in [0.1, 0.15) is 10.6 Å². The Kier molecular flexibility index (Phi) is 4.96. The summed E-state index contributed by atoms with van der Waals surface area (Å²) in [6, 6.07) is 4.61. The quantitative estimate of drug-likeness (QED) is 0.704. The van der Waals surface area contributed by atoms with Gasteiger partial charge in [0, 0.05) is 35.4 Å². The van der Waals surface area contributed by atoms with E-state index in [1.54, 1.807) is 12.1 Å². The third kappa shape index (κ3) is 3.42. The molecule has 1 amide bonds. The van der Waals surface area contributed by atoms with E-state index in [1.807, 2.05) is 0 Å². The Balaban J connectivity index is 2.09. The standard InChI is InChI=1S/C16H18ClN3O5S/c17-10-3-4-12-11(7-10)15(14(19-12)16(18)23)26(24,25)20-5-1-2-9(8-20)6-13(21)22/h3-4,7,9,19H,1-2,5-6,8H2,(H2,18,23)(H,21,22). The van der Waals surface area contributed by atoms with Gasteiger partial charge in [0.15, 0.2) is 0 Å². The third-order valence-electron chi connectivity index (χ3n) is 4.50. The molecule has 1 aliphatic rings. The lowest BCUT2D eigenvalue weighted by molar-refractivity contribution is -0.138. The van der Waals surface area contributed by atoms with Gasteiger partial charge < -0.3 is 15.8 Å². The number of aliphatic carboxylic acids is 1. The topological polar surface area (TPSA) is 134 Å². The Hall–Kier alpha value is -2.10. The van der Waals surface area contributed by atoms with E-state index in [0.29, 0.717) is 23.4 Å². The van der Waals surface area contributed by atoms with E-state index in [0.717, 1.165) is 0 Å². The van der Waals surface area contributed by atoms with E-state index in [-0.39, 0.29) is 41.4 Å². The SMILES string of the molecule is NC(=O)c1[nH]c2ccc(Cl)cc2c1S(=O)(=O)N1CCCC(CC(=O)O)C1. The van der Waals surface area contributed by atoms with Crippen molar-refractivity contribution < 1.29 is 23.1 Å². The number of primary amides is 1. The minimum atomic E-state index is -4.06. The third-order valence-corrected chi connectivity index (χ3v) is 6.69. The number of benzene rings is 1. The van der Waals surface area contributed by atoms with Crippen LogP contribution < -0.4 is 5.73 Å². The van der Waals surface area contributed by atoms with Crippen molar-refractivity contribution >= 4 is 44.4 Å². The number of aromatic nitrogens is 1. The Morgan fingerprint density at radius 2 is 2.12 bits per heavy atom. The molecule has 8 nitrogen and oxygen atoms in total. The van der Waals surface area contributed by atoms with Gasteiger partial charge in [-0.15, -0.1) is 0 Å². The molecule has 0 radical (unpaired) electrons. The first-order chi connectivity index (χ1) is 12.2. The van der Waals surface area contributed by atoms with E-state index in [2.05, 4.69) is 4.98 Å². The molecule has 26 heavy (non-hydrogen) atoms. The van der Waals surface area contributed by atoms with Gasteiger partial charge in [-0.25, -0.2) is 8.42 Å². The van der Waals surface area contributed by atoms with Crippen LogP contribution in [0.2, 0.25) is 5.02 Å². The Morgan fingerprint density at radius 3 is 2.77 bits per heavy atom. The molecule has 1 aromatic carbocycles. The molecule has 10 heteroatoms. The minimum Gasteiger partial charge on any atom is -0.481 e. The maximum atomic E-state index is 13.2. The average molecular weight is 400 g/mol. The first-order valence-corrected chi connectivity index (χ1v) is 9.85. The number of hydrogen-bond donors (Lipinski definition) is 3. The average Bonchev–Trinajstić information content (AvgIpc) is 2.94. The molecule has 1 aliphatic heterocycles. The van der Waals surface area contributed by atoms with Crippen molar-refractivity contribution in [2.24, 2.45) is 11.7 Å². The molecule has 140 valence electrons. The molecule has 0 saturated carbocycles. The highest BCUT2D eigenvalue weighted by atomic mass is 35.5. The number of carboxylic acid groups (broad SMARTS) is 1. The lowest BCUT2D eigenvalue weighted by Gasteiger charge is -2.31. The second-order valence-corrected chi connectivity index (χ2v) is 8.66. The maximum Gasteiger partial charge on any atom is 0.303 e. The van der Waals surface area contributed by atoms with Crippen LogP contribution >= 0.6 is 11.6 Å². The summed E-state index contributed by atoms with van der Waals surface area (Å²) in [6.07, 6.45) is 1.08. The van der Waals surface area contributed by atoms with Crippen molar-refractivity contribution in [3.05, 3.63) is 28.9 Å². The van der Waals surface area contributed by atoms with Gasteiger partial charge in [-0.05, 0) is 37.0 Å². The van der Waals surface area contributed by atoms with Crippen LogP contribution in [0.4, 0.5) is 0 Å². The lowest BCUT2D eigenvalue weighted by atomic mass is 9.96. The summed E-state index contributed by atoms with van der Waals surface area (Å²) in [7, 11) is -4.06. The normalized spacial score (nSPS) is 18.9. The number of fused-ring (bicyclic) bond motifs is 1. The van der Waals surface area contributed by atoms with Gasteiger partial charge in [-0.2, -0.15) is 4.31 Å². The smallest absolute Gasteiger partial charge is 0.303 e. The van der Waals surface area contributed by atoms with Crippen molar-refractivity contribution in [3.63, 3.8) is 0 Å². The number of hydrogen-bond acceptors (Lipinski definition) is 4. The van der Waals surface area contributed by atoms with Crippen molar-refractivity contribution in [1.29, 1.82) is 0 Å². The summed E-state index contributed by atoms with van der Waals surface area (Å²) in [5.41, 5.74) is 5.60. The van der Waals surface area contributed by atoms with Crippen LogP contribution in [0, 0.1) is 5.92 Å².